The highest BCUT2D eigenvalue weighted by molar-refractivity contribution is 5.79. The highest BCUT2D eigenvalue weighted by atomic mass is 16.5. The topological polar surface area (TPSA) is 85.2 Å². The maximum absolute atomic E-state index is 11.9. The van der Waals surface area contributed by atoms with Crippen molar-refractivity contribution < 1.29 is 29.2 Å². The second kappa shape index (κ2) is 5.72. The Morgan fingerprint density at radius 2 is 1.83 bits per heavy atom. The number of rotatable bonds is 3. The van der Waals surface area contributed by atoms with Gasteiger partial charge >= 0.3 is 5.97 Å². The molecule has 0 amide bonds. The summed E-state index contributed by atoms with van der Waals surface area (Å²) in [6.45, 7) is 0. The van der Waals surface area contributed by atoms with Crippen LogP contribution in [0.4, 0.5) is 0 Å². The Morgan fingerprint density at radius 3 is 2.52 bits per heavy atom. The zero-order chi connectivity index (χ0) is 16.6. The summed E-state index contributed by atoms with van der Waals surface area (Å²) in [5.41, 5.74) is 1.35. The molecule has 1 unspecified atom stereocenters. The zero-order valence-electron chi connectivity index (χ0n) is 12.7. The largest absolute Gasteiger partial charge is 0.508 e. The van der Waals surface area contributed by atoms with Crippen molar-refractivity contribution >= 4 is 5.97 Å². The number of ether oxygens (including phenoxy) is 3. The Balaban J connectivity index is 2.13. The number of benzene rings is 2. The van der Waals surface area contributed by atoms with Crippen LogP contribution in [0, 0.1) is 0 Å². The average molecular weight is 316 g/mol. The van der Waals surface area contributed by atoms with Gasteiger partial charge in [0.1, 0.15) is 5.75 Å². The van der Waals surface area contributed by atoms with E-state index in [1.807, 2.05) is 6.07 Å². The maximum atomic E-state index is 11.9. The molecule has 0 saturated carbocycles. The van der Waals surface area contributed by atoms with E-state index in [1.54, 1.807) is 19.2 Å². The Hall–Kier alpha value is -2.89. The minimum atomic E-state index is -0.446. The summed E-state index contributed by atoms with van der Waals surface area (Å²) in [6, 6.07) is 7.96. The van der Waals surface area contributed by atoms with Crippen LogP contribution in [0.15, 0.2) is 30.3 Å². The minimum absolute atomic E-state index is 0.0823. The third kappa shape index (κ3) is 2.63. The molecule has 0 aliphatic carbocycles. The smallest absolute Gasteiger partial charge is 0.312 e. The standard InChI is InChI=1S/C17H16O6/c1-21-14-4-3-9(5-15(14)22-2)11-8-16(20)23-17-12(11)6-10(18)7-13(17)19/h3-7,11,18-19H,8H2,1-2H3. The van der Waals surface area contributed by atoms with Crippen molar-refractivity contribution in [2.75, 3.05) is 14.2 Å². The van der Waals surface area contributed by atoms with Gasteiger partial charge in [0.15, 0.2) is 23.0 Å². The molecular formula is C17H16O6. The monoisotopic (exact) mass is 316 g/mol. The first kappa shape index (κ1) is 15.0. The maximum Gasteiger partial charge on any atom is 0.312 e. The molecule has 2 aromatic carbocycles. The van der Waals surface area contributed by atoms with Gasteiger partial charge in [-0.3, -0.25) is 4.79 Å². The van der Waals surface area contributed by atoms with E-state index in [0.29, 0.717) is 17.1 Å². The number of carbonyl (C=O) groups excluding carboxylic acids is 1. The second-order valence-corrected chi connectivity index (χ2v) is 5.23. The molecule has 2 N–H and O–H groups in total. The van der Waals surface area contributed by atoms with Crippen molar-refractivity contribution in [3.63, 3.8) is 0 Å². The molecule has 0 radical (unpaired) electrons. The number of fused-ring (bicyclic) bond motifs is 1. The van der Waals surface area contributed by atoms with Crippen LogP contribution in [0.3, 0.4) is 0 Å². The SMILES string of the molecule is COc1ccc(C2CC(=O)Oc3c(O)cc(O)cc32)cc1OC. The van der Waals surface area contributed by atoms with E-state index in [2.05, 4.69) is 0 Å². The molecule has 6 heteroatoms. The van der Waals surface area contributed by atoms with Crippen LogP contribution in [0.25, 0.3) is 0 Å². The molecule has 23 heavy (non-hydrogen) atoms. The summed E-state index contributed by atoms with van der Waals surface area (Å²) in [5.74, 6) is 0.0350. The molecule has 0 bridgehead atoms. The van der Waals surface area contributed by atoms with Crippen molar-refractivity contribution in [2.45, 2.75) is 12.3 Å². The van der Waals surface area contributed by atoms with Crippen molar-refractivity contribution in [1.29, 1.82) is 0 Å². The van der Waals surface area contributed by atoms with Crippen LogP contribution in [0.5, 0.6) is 28.7 Å². The van der Waals surface area contributed by atoms with Crippen molar-refractivity contribution in [3.05, 3.63) is 41.5 Å². The van der Waals surface area contributed by atoms with Crippen molar-refractivity contribution in [2.24, 2.45) is 0 Å². The summed E-state index contributed by atoms with van der Waals surface area (Å²) in [6.07, 6.45) is 0.103. The van der Waals surface area contributed by atoms with Gasteiger partial charge in [-0.2, -0.15) is 0 Å². The molecular weight excluding hydrogens is 300 g/mol. The third-order valence-corrected chi connectivity index (χ3v) is 3.85. The molecule has 0 spiro atoms. The zero-order valence-corrected chi connectivity index (χ0v) is 12.7. The van der Waals surface area contributed by atoms with Crippen molar-refractivity contribution in [3.8, 4) is 28.7 Å². The first-order chi connectivity index (χ1) is 11.0. The predicted molar refractivity (Wildman–Crippen MR) is 81.4 cm³/mol. The fourth-order valence-electron chi connectivity index (χ4n) is 2.79. The van der Waals surface area contributed by atoms with Gasteiger partial charge in [0, 0.05) is 17.5 Å². The summed E-state index contributed by atoms with van der Waals surface area (Å²) in [5, 5.41) is 19.7. The first-order valence-electron chi connectivity index (χ1n) is 7.02. The molecule has 0 fully saturated rings. The minimum Gasteiger partial charge on any atom is -0.508 e. The Kier molecular flexibility index (Phi) is 3.73. The third-order valence-electron chi connectivity index (χ3n) is 3.85. The molecule has 3 rings (SSSR count). The van der Waals surface area contributed by atoms with E-state index in [-0.39, 0.29) is 29.6 Å². The van der Waals surface area contributed by atoms with Gasteiger partial charge in [0.25, 0.3) is 0 Å². The molecule has 0 saturated heterocycles. The summed E-state index contributed by atoms with van der Waals surface area (Å²) in [7, 11) is 3.07. The number of aromatic hydroxyl groups is 2. The molecule has 1 atom stereocenters. The number of hydrogen-bond donors (Lipinski definition) is 2. The predicted octanol–water partition coefficient (Wildman–Crippen LogP) is 2.56. The fraction of sp³-hybridized carbons (Fsp3) is 0.235. The fourth-order valence-corrected chi connectivity index (χ4v) is 2.79. The number of methoxy groups -OCH3 is 2. The number of phenols is 2. The van der Waals surface area contributed by atoms with E-state index in [9.17, 15) is 15.0 Å². The van der Waals surface area contributed by atoms with E-state index < -0.39 is 5.97 Å². The molecule has 1 heterocycles. The molecule has 6 nitrogen and oxygen atoms in total. The molecule has 0 aromatic heterocycles. The molecule has 120 valence electrons. The first-order valence-corrected chi connectivity index (χ1v) is 7.02. The lowest BCUT2D eigenvalue weighted by Gasteiger charge is -2.26. The number of phenolic OH excluding ortho intramolecular Hbond substituents is 2. The quantitative estimate of drug-likeness (QED) is 0.668. The van der Waals surface area contributed by atoms with Crippen LogP contribution in [0.2, 0.25) is 0 Å². The van der Waals surface area contributed by atoms with E-state index in [4.69, 9.17) is 14.2 Å². The summed E-state index contributed by atoms with van der Waals surface area (Å²) >= 11 is 0. The lowest BCUT2D eigenvalue weighted by Crippen LogP contribution is -2.21. The number of esters is 1. The van der Waals surface area contributed by atoms with Gasteiger partial charge in [-0.05, 0) is 23.8 Å². The number of hydrogen-bond acceptors (Lipinski definition) is 6. The van der Waals surface area contributed by atoms with Gasteiger partial charge in [-0.25, -0.2) is 0 Å². The van der Waals surface area contributed by atoms with Gasteiger partial charge in [0.2, 0.25) is 0 Å². The van der Waals surface area contributed by atoms with Crippen LogP contribution < -0.4 is 14.2 Å². The van der Waals surface area contributed by atoms with Gasteiger partial charge in [-0.15, -0.1) is 0 Å². The van der Waals surface area contributed by atoms with E-state index in [1.165, 1.54) is 13.2 Å². The normalized spacial score (nSPS) is 16.4. The van der Waals surface area contributed by atoms with Crippen LogP contribution in [-0.4, -0.2) is 30.4 Å². The van der Waals surface area contributed by atoms with Crippen molar-refractivity contribution in [1.82, 2.24) is 0 Å². The Labute approximate surface area is 132 Å². The highest BCUT2D eigenvalue weighted by Crippen LogP contribution is 2.46. The van der Waals surface area contributed by atoms with E-state index >= 15 is 0 Å². The summed E-state index contributed by atoms with van der Waals surface area (Å²) in [4.78, 5) is 11.9. The lowest BCUT2D eigenvalue weighted by molar-refractivity contribution is -0.135. The van der Waals surface area contributed by atoms with Gasteiger partial charge in [-0.1, -0.05) is 6.07 Å². The van der Waals surface area contributed by atoms with Crippen LogP contribution >= 0.6 is 0 Å². The van der Waals surface area contributed by atoms with Crippen LogP contribution in [-0.2, 0) is 4.79 Å². The molecule has 2 aromatic rings. The molecule has 1 aliphatic heterocycles. The summed E-state index contributed by atoms with van der Waals surface area (Å²) < 4.78 is 15.6. The highest BCUT2D eigenvalue weighted by Gasteiger charge is 2.31. The molecule has 1 aliphatic rings. The van der Waals surface area contributed by atoms with E-state index in [0.717, 1.165) is 11.6 Å². The lowest BCUT2D eigenvalue weighted by atomic mass is 9.86. The average Bonchev–Trinajstić information content (AvgIpc) is 2.54. The van der Waals surface area contributed by atoms with Crippen LogP contribution in [0.1, 0.15) is 23.5 Å². The Bertz CT molecular complexity index is 768. The van der Waals surface area contributed by atoms with Gasteiger partial charge in [0.05, 0.1) is 20.6 Å². The van der Waals surface area contributed by atoms with Gasteiger partial charge < -0.3 is 24.4 Å². The Morgan fingerprint density at radius 1 is 1.09 bits per heavy atom. The second-order valence-electron chi connectivity index (χ2n) is 5.23. The number of carbonyl (C=O) groups is 1.